The summed E-state index contributed by atoms with van der Waals surface area (Å²) < 4.78 is 39.0. The zero-order valence-corrected chi connectivity index (χ0v) is 5.34. The summed E-state index contributed by atoms with van der Waals surface area (Å²) in [5, 5.41) is 7.32. The Morgan fingerprint density at radius 2 is 1.33 bits per heavy atom. The van der Waals surface area contributed by atoms with Gasteiger partial charge >= 0.3 is 8.68 Å². The normalized spacial score (nSPS) is 7.56. The van der Waals surface area contributed by atoms with Gasteiger partial charge in [-0.15, -0.1) is 0 Å². The number of nitrogens with zero attached hydrogens (tertiary/aromatic N) is 1. The SMILES string of the molecule is CC#N.F[B-](F)(F)F.[H+].[Ni]. The molecule has 0 amide bonds. The van der Waals surface area contributed by atoms with Crippen molar-refractivity contribution in [2.24, 2.45) is 0 Å². The van der Waals surface area contributed by atoms with Crippen molar-refractivity contribution in [1.82, 2.24) is 0 Å². The van der Waals surface area contributed by atoms with E-state index in [1.807, 2.05) is 0 Å². The minimum atomic E-state index is -6.00. The van der Waals surface area contributed by atoms with Crippen molar-refractivity contribution in [2.45, 2.75) is 6.92 Å². The van der Waals surface area contributed by atoms with Crippen LogP contribution in [0.4, 0.5) is 17.3 Å². The van der Waals surface area contributed by atoms with Crippen LogP contribution in [0.25, 0.3) is 0 Å². The third-order valence-electron chi connectivity index (χ3n) is 0. The largest absolute Gasteiger partial charge is 1.00 e. The van der Waals surface area contributed by atoms with Gasteiger partial charge in [0.2, 0.25) is 0 Å². The number of rotatable bonds is 0. The molecule has 0 aliphatic heterocycles. The number of hydrogen-bond acceptors (Lipinski definition) is 1. The van der Waals surface area contributed by atoms with Gasteiger partial charge in [-0.05, 0) is 0 Å². The Morgan fingerprint density at radius 3 is 1.33 bits per heavy atom. The van der Waals surface area contributed by atoms with Gasteiger partial charge in [0.05, 0.1) is 6.07 Å². The maximum Gasteiger partial charge on any atom is 1.00 e. The van der Waals surface area contributed by atoms with E-state index in [1.54, 1.807) is 6.07 Å². The second-order valence-electron chi connectivity index (χ2n) is 0.718. The maximum atomic E-state index is 9.75. The van der Waals surface area contributed by atoms with E-state index < -0.39 is 7.25 Å². The third-order valence-corrected chi connectivity index (χ3v) is 0. The van der Waals surface area contributed by atoms with E-state index in [4.69, 9.17) is 5.26 Å². The molecule has 0 aromatic carbocycles. The molecule has 0 aliphatic carbocycles. The van der Waals surface area contributed by atoms with E-state index >= 15 is 0 Å². The molecule has 1 nitrogen and oxygen atoms in total. The molecule has 0 aliphatic rings. The first-order chi connectivity index (χ1) is 3.41. The summed E-state index contributed by atoms with van der Waals surface area (Å²) in [6.45, 7) is 1.43. The molecule has 0 fully saturated rings. The first-order valence-corrected chi connectivity index (χ1v) is 1.60. The summed E-state index contributed by atoms with van der Waals surface area (Å²) in [4.78, 5) is 0. The molecule has 0 atom stereocenters. The Hall–Kier alpha value is -0.232. The van der Waals surface area contributed by atoms with E-state index in [0.717, 1.165) is 0 Å². The Labute approximate surface area is 61.6 Å². The van der Waals surface area contributed by atoms with Gasteiger partial charge < -0.3 is 17.3 Å². The van der Waals surface area contributed by atoms with Gasteiger partial charge in [0.15, 0.2) is 0 Å². The van der Waals surface area contributed by atoms with E-state index in [1.165, 1.54) is 6.92 Å². The van der Waals surface area contributed by atoms with Gasteiger partial charge in [-0.2, -0.15) is 5.26 Å². The van der Waals surface area contributed by atoms with E-state index in [-0.39, 0.29) is 17.9 Å². The van der Waals surface area contributed by atoms with Crippen LogP contribution < -0.4 is 0 Å². The fourth-order valence-corrected chi connectivity index (χ4v) is 0. The molecule has 0 radical (unpaired) electrons. The summed E-state index contributed by atoms with van der Waals surface area (Å²) in [5.41, 5.74) is 0. The third kappa shape index (κ3) is 4820. The monoisotopic (exact) mass is 187 g/mol. The molecule has 0 spiro atoms. The summed E-state index contributed by atoms with van der Waals surface area (Å²) in [6, 6.07) is 1.75. The molecule has 0 aromatic rings. The predicted molar refractivity (Wildman–Crippen MR) is 22.6 cm³/mol. The average Bonchev–Trinajstić information content (AvgIpc) is 1.27. The minimum Gasteiger partial charge on any atom is -0.418 e. The average molecular weight is 188 g/mol. The minimum absolute atomic E-state index is 0. The molecular weight excluding hydrogens is 184 g/mol. The van der Waals surface area contributed by atoms with E-state index in [2.05, 4.69) is 0 Å². The van der Waals surface area contributed by atoms with Crippen LogP contribution in [0.2, 0.25) is 0 Å². The van der Waals surface area contributed by atoms with Gasteiger partial charge in [-0.1, -0.05) is 0 Å². The van der Waals surface area contributed by atoms with E-state index in [9.17, 15) is 17.3 Å². The summed E-state index contributed by atoms with van der Waals surface area (Å²) >= 11 is 0. The Bertz CT molecular complexity index is 84.2. The van der Waals surface area contributed by atoms with Crippen LogP contribution in [0, 0.1) is 11.3 Å². The molecule has 58 valence electrons. The van der Waals surface area contributed by atoms with Gasteiger partial charge in [0.25, 0.3) is 0 Å². The molecule has 7 heteroatoms. The zero-order valence-electron chi connectivity index (χ0n) is 5.35. The number of halogens is 4. The van der Waals surface area contributed by atoms with Crippen molar-refractivity contribution in [3.8, 4) is 6.07 Å². The quantitative estimate of drug-likeness (QED) is 0.420. The first kappa shape index (κ1) is 15.9. The van der Waals surface area contributed by atoms with Crippen LogP contribution in [-0.2, 0) is 16.5 Å². The maximum absolute atomic E-state index is 9.75. The van der Waals surface area contributed by atoms with Gasteiger partial charge in [-0.3, -0.25) is 0 Å². The van der Waals surface area contributed by atoms with Crippen molar-refractivity contribution in [1.29, 1.82) is 5.26 Å². The molecule has 0 unspecified atom stereocenters. The topological polar surface area (TPSA) is 23.8 Å². The van der Waals surface area contributed by atoms with Gasteiger partial charge in [0, 0.05) is 23.4 Å². The van der Waals surface area contributed by atoms with Crippen molar-refractivity contribution < 1.29 is 35.2 Å². The molecule has 0 heterocycles. The van der Waals surface area contributed by atoms with Crippen LogP contribution in [-0.4, -0.2) is 7.25 Å². The van der Waals surface area contributed by atoms with Crippen molar-refractivity contribution >= 4 is 7.25 Å². The Morgan fingerprint density at radius 1 is 1.33 bits per heavy atom. The second-order valence-corrected chi connectivity index (χ2v) is 0.718. The van der Waals surface area contributed by atoms with Crippen LogP contribution >= 0.6 is 0 Å². The predicted octanol–water partition coefficient (Wildman–Crippen LogP) is 1.94. The summed E-state index contributed by atoms with van der Waals surface area (Å²) in [6.07, 6.45) is 0. The van der Waals surface area contributed by atoms with Crippen molar-refractivity contribution in [3.63, 3.8) is 0 Å². The fourth-order valence-electron chi connectivity index (χ4n) is 0. The fraction of sp³-hybridized carbons (Fsp3) is 0.500. The van der Waals surface area contributed by atoms with Crippen LogP contribution in [0.5, 0.6) is 0 Å². The van der Waals surface area contributed by atoms with Gasteiger partial charge in [-0.25, -0.2) is 0 Å². The number of hydrogen-bond donors (Lipinski definition) is 0. The van der Waals surface area contributed by atoms with Crippen LogP contribution in [0.1, 0.15) is 8.35 Å². The molecule has 9 heavy (non-hydrogen) atoms. The smallest absolute Gasteiger partial charge is 0.418 e. The molecule has 0 saturated carbocycles. The Kier molecular flexibility index (Phi) is 13.7. The standard InChI is InChI=1S/C2H3N.BF4.Ni/c1-2-3;2-1(3,4)5;/h1H3;;/q;-1;/p+1. The molecule has 0 bridgehead atoms. The zero-order chi connectivity index (χ0) is 7.21. The first-order valence-electron chi connectivity index (χ1n) is 1.60. The van der Waals surface area contributed by atoms with Crippen LogP contribution in [0.3, 0.4) is 0 Å². The molecular formula is C2H4BF4NNi. The van der Waals surface area contributed by atoms with Crippen molar-refractivity contribution in [3.05, 3.63) is 0 Å². The summed E-state index contributed by atoms with van der Waals surface area (Å²) in [5.74, 6) is 0. The van der Waals surface area contributed by atoms with Crippen LogP contribution in [0.15, 0.2) is 0 Å². The van der Waals surface area contributed by atoms with Crippen molar-refractivity contribution in [2.75, 3.05) is 0 Å². The Balaban J connectivity index is -0.0000000326. The molecule has 0 N–H and O–H groups in total. The summed E-state index contributed by atoms with van der Waals surface area (Å²) in [7, 11) is -6.00. The number of nitriles is 1. The molecule has 0 saturated heterocycles. The molecule has 0 rings (SSSR count). The van der Waals surface area contributed by atoms with Gasteiger partial charge in [0.1, 0.15) is 0 Å². The van der Waals surface area contributed by atoms with E-state index in [0.29, 0.717) is 0 Å². The molecule has 0 aromatic heterocycles. The second kappa shape index (κ2) is 7.77.